The van der Waals surface area contributed by atoms with Crippen LogP contribution in [0.3, 0.4) is 0 Å². The van der Waals surface area contributed by atoms with E-state index in [0.29, 0.717) is 0 Å². The minimum absolute atomic E-state index is 0.0967. The molecule has 0 spiro atoms. The summed E-state index contributed by atoms with van der Waals surface area (Å²) in [6.07, 6.45) is 6.72. The van der Waals surface area contributed by atoms with Crippen molar-refractivity contribution in [3.8, 4) is 0 Å². The van der Waals surface area contributed by atoms with Crippen LogP contribution < -0.4 is 5.32 Å². The summed E-state index contributed by atoms with van der Waals surface area (Å²) < 4.78 is 4.13. The third kappa shape index (κ3) is 3.23. The van der Waals surface area contributed by atoms with Crippen LogP contribution in [0.25, 0.3) is 5.65 Å². The summed E-state index contributed by atoms with van der Waals surface area (Å²) >= 11 is 0. The van der Waals surface area contributed by atoms with Crippen LogP contribution in [0.5, 0.6) is 0 Å². The van der Waals surface area contributed by atoms with Crippen LogP contribution in [-0.2, 0) is 24.8 Å². The predicted octanol–water partition coefficient (Wildman–Crippen LogP) is 2.61. The summed E-state index contributed by atoms with van der Waals surface area (Å²) in [5.41, 5.74) is 1.84. The van der Waals surface area contributed by atoms with Crippen molar-refractivity contribution in [1.82, 2.24) is 29.4 Å². The van der Waals surface area contributed by atoms with Gasteiger partial charge in [-0.15, -0.1) is 15.3 Å². The van der Waals surface area contributed by atoms with E-state index in [1.165, 1.54) is 18.7 Å². The Kier molecular flexibility index (Phi) is 3.94. The Morgan fingerprint density at radius 1 is 1.16 bits per heavy atom. The van der Waals surface area contributed by atoms with Gasteiger partial charge in [0.15, 0.2) is 11.5 Å². The Morgan fingerprint density at radius 2 is 2.04 bits per heavy atom. The number of fused-ring (bicyclic) bond motifs is 2. The second kappa shape index (κ2) is 6.13. The number of anilines is 1. The summed E-state index contributed by atoms with van der Waals surface area (Å²) in [5, 5.41) is 16.5. The number of nitrogens with one attached hydrogen (secondary N) is 1. The van der Waals surface area contributed by atoms with E-state index in [-0.39, 0.29) is 5.41 Å². The van der Waals surface area contributed by atoms with E-state index in [9.17, 15) is 0 Å². The zero-order valence-electron chi connectivity index (χ0n) is 15.2. The fraction of sp³-hybridized carbons (Fsp3) is 0.556. The van der Waals surface area contributed by atoms with E-state index in [1.54, 1.807) is 0 Å². The summed E-state index contributed by atoms with van der Waals surface area (Å²) in [6, 6.07) is 3.90. The van der Waals surface area contributed by atoms with Crippen molar-refractivity contribution >= 4 is 11.5 Å². The van der Waals surface area contributed by atoms with Gasteiger partial charge >= 0.3 is 0 Å². The van der Waals surface area contributed by atoms with Crippen LogP contribution in [0.4, 0.5) is 5.82 Å². The first-order valence-electron chi connectivity index (χ1n) is 9.02. The summed E-state index contributed by atoms with van der Waals surface area (Å²) in [5.74, 6) is 2.94. The van der Waals surface area contributed by atoms with E-state index < -0.39 is 0 Å². The van der Waals surface area contributed by atoms with Crippen molar-refractivity contribution in [3.63, 3.8) is 0 Å². The average Bonchev–Trinajstić information content (AvgIpc) is 3.17. The molecule has 0 radical (unpaired) electrons. The molecule has 3 aromatic heterocycles. The van der Waals surface area contributed by atoms with Gasteiger partial charge in [0.1, 0.15) is 11.6 Å². The second-order valence-electron chi connectivity index (χ2n) is 7.74. The van der Waals surface area contributed by atoms with Crippen LogP contribution in [0.15, 0.2) is 18.3 Å². The van der Waals surface area contributed by atoms with Crippen LogP contribution in [0.1, 0.15) is 51.0 Å². The normalized spacial score (nSPS) is 14.7. The molecule has 0 bridgehead atoms. The molecule has 0 fully saturated rings. The highest BCUT2D eigenvalue weighted by atomic mass is 15.4. The molecule has 132 valence electrons. The minimum Gasteiger partial charge on any atom is -0.368 e. The van der Waals surface area contributed by atoms with E-state index in [0.717, 1.165) is 48.9 Å². The fourth-order valence-electron chi connectivity index (χ4n) is 3.26. The van der Waals surface area contributed by atoms with Crippen molar-refractivity contribution in [2.45, 2.75) is 58.4 Å². The van der Waals surface area contributed by atoms with Gasteiger partial charge in [0.05, 0.1) is 5.69 Å². The minimum atomic E-state index is -0.0967. The van der Waals surface area contributed by atoms with Gasteiger partial charge in [0.25, 0.3) is 0 Å². The molecule has 0 saturated carbocycles. The maximum absolute atomic E-state index is 4.75. The Hall–Kier alpha value is -2.44. The van der Waals surface area contributed by atoms with Crippen molar-refractivity contribution in [3.05, 3.63) is 35.7 Å². The zero-order chi connectivity index (χ0) is 17.4. The van der Waals surface area contributed by atoms with E-state index in [2.05, 4.69) is 52.1 Å². The third-order valence-corrected chi connectivity index (χ3v) is 4.58. The van der Waals surface area contributed by atoms with Gasteiger partial charge in [-0.2, -0.15) is 4.52 Å². The van der Waals surface area contributed by atoms with Crippen molar-refractivity contribution in [2.75, 3.05) is 11.9 Å². The molecular formula is C18H25N7. The molecule has 0 amide bonds. The quantitative estimate of drug-likeness (QED) is 0.791. The van der Waals surface area contributed by atoms with Crippen LogP contribution in [0.2, 0.25) is 0 Å². The molecule has 7 nitrogen and oxygen atoms in total. The highest BCUT2D eigenvalue weighted by Crippen LogP contribution is 2.20. The predicted molar refractivity (Wildman–Crippen MR) is 96.8 cm³/mol. The first kappa shape index (κ1) is 16.1. The monoisotopic (exact) mass is 339 g/mol. The zero-order valence-corrected chi connectivity index (χ0v) is 15.2. The summed E-state index contributed by atoms with van der Waals surface area (Å²) in [4.78, 5) is 4.75. The fourth-order valence-corrected chi connectivity index (χ4v) is 3.26. The van der Waals surface area contributed by atoms with Gasteiger partial charge in [0.2, 0.25) is 0 Å². The number of aryl methyl sites for hydroxylation is 2. The number of rotatable bonds is 4. The number of nitrogens with zero attached hydrogens (tertiary/aromatic N) is 6. The smallest absolute Gasteiger partial charge is 0.178 e. The lowest BCUT2D eigenvalue weighted by atomic mass is 9.96. The molecule has 3 aromatic rings. The number of aromatic nitrogens is 6. The lowest BCUT2D eigenvalue weighted by Gasteiger charge is -2.15. The average molecular weight is 339 g/mol. The van der Waals surface area contributed by atoms with E-state index in [1.807, 2.05) is 16.6 Å². The first-order valence-corrected chi connectivity index (χ1v) is 9.02. The molecule has 0 unspecified atom stereocenters. The standard InChI is InChI=1S/C18H25N7/c1-18(2,3)17-22-21-16-8-7-14(23-25(16)17)19-10-9-13-12-24-11-5-4-6-15(24)20-13/h7-8,12H,4-6,9-11H2,1-3H3,(H,19,23). The lowest BCUT2D eigenvalue weighted by molar-refractivity contribution is 0.522. The highest BCUT2D eigenvalue weighted by Gasteiger charge is 2.21. The summed E-state index contributed by atoms with van der Waals surface area (Å²) in [7, 11) is 0. The van der Waals surface area contributed by atoms with Gasteiger partial charge in [-0.3, -0.25) is 0 Å². The van der Waals surface area contributed by atoms with Crippen LogP contribution in [-0.4, -0.2) is 35.9 Å². The molecule has 4 heterocycles. The Bertz CT molecular complexity index is 861. The van der Waals surface area contributed by atoms with Crippen LogP contribution in [0, 0.1) is 0 Å². The maximum Gasteiger partial charge on any atom is 0.178 e. The molecule has 0 aliphatic carbocycles. The Labute approximate surface area is 147 Å². The highest BCUT2D eigenvalue weighted by molar-refractivity contribution is 5.44. The molecule has 7 heteroatoms. The molecule has 0 atom stereocenters. The van der Waals surface area contributed by atoms with E-state index in [4.69, 9.17) is 4.98 Å². The molecule has 1 aliphatic rings. The second-order valence-corrected chi connectivity index (χ2v) is 7.74. The van der Waals surface area contributed by atoms with Crippen molar-refractivity contribution < 1.29 is 0 Å². The number of imidazole rings is 1. The van der Waals surface area contributed by atoms with Gasteiger partial charge in [-0.25, -0.2) is 4.98 Å². The molecule has 1 aliphatic heterocycles. The SMILES string of the molecule is CC(C)(C)c1nnc2ccc(NCCc3cn4c(n3)CCCC4)nn12. The van der Waals surface area contributed by atoms with Crippen molar-refractivity contribution in [2.24, 2.45) is 0 Å². The van der Waals surface area contributed by atoms with Gasteiger partial charge in [0, 0.05) is 37.5 Å². The van der Waals surface area contributed by atoms with Gasteiger partial charge in [-0.1, -0.05) is 20.8 Å². The van der Waals surface area contributed by atoms with E-state index >= 15 is 0 Å². The largest absolute Gasteiger partial charge is 0.368 e. The molecule has 0 saturated heterocycles. The Morgan fingerprint density at radius 3 is 2.84 bits per heavy atom. The Balaban J connectivity index is 1.45. The van der Waals surface area contributed by atoms with Gasteiger partial charge in [-0.05, 0) is 25.0 Å². The number of hydrogen-bond acceptors (Lipinski definition) is 5. The lowest BCUT2D eigenvalue weighted by Crippen LogP contribution is -2.18. The molecule has 0 aromatic carbocycles. The third-order valence-electron chi connectivity index (χ3n) is 4.58. The molecular weight excluding hydrogens is 314 g/mol. The topological polar surface area (TPSA) is 72.9 Å². The van der Waals surface area contributed by atoms with Crippen LogP contribution >= 0.6 is 0 Å². The maximum atomic E-state index is 4.75. The van der Waals surface area contributed by atoms with Gasteiger partial charge < -0.3 is 9.88 Å². The molecule has 1 N–H and O–H groups in total. The molecule has 4 rings (SSSR count). The first-order chi connectivity index (χ1) is 12.0. The van der Waals surface area contributed by atoms with Crippen molar-refractivity contribution in [1.29, 1.82) is 0 Å². The number of hydrogen-bond donors (Lipinski definition) is 1. The molecule has 25 heavy (non-hydrogen) atoms. The summed E-state index contributed by atoms with van der Waals surface area (Å²) in [6.45, 7) is 8.27.